The third-order valence-corrected chi connectivity index (χ3v) is 3.06. The summed E-state index contributed by atoms with van der Waals surface area (Å²) in [6.07, 6.45) is 0. The summed E-state index contributed by atoms with van der Waals surface area (Å²) in [7, 11) is 1.28. The summed E-state index contributed by atoms with van der Waals surface area (Å²) in [5, 5.41) is 3.32. The normalized spacial score (nSPS) is 10.2. The lowest BCUT2D eigenvalue weighted by atomic mass is 10.2. The van der Waals surface area contributed by atoms with E-state index in [2.05, 4.69) is 10.1 Å². The molecule has 0 aliphatic heterocycles. The number of carbonyl (C=O) groups is 2. The van der Waals surface area contributed by atoms with E-state index in [4.69, 9.17) is 21.8 Å². The highest BCUT2D eigenvalue weighted by Crippen LogP contribution is 2.21. The Hall–Kier alpha value is -2.47. The number of hydrogen-bond acceptors (Lipinski definition) is 5. The van der Waals surface area contributed by atoms with Crippen molar-refractivity contribution >= 4 is 29.2 Å². The summed E-state index contributed by atoms with van der Waals surface area (Å²) in [4.78, 5) is 22.3. The average Bonchev–Trinajstić information content (AvgIpc) is 2.92. The number of anilines is 1. The molecule has 6 nitrogen and oxygen atoms in total. The molecule has 1 aromatic carbocycles. The summed E-state index contributed by atoms with van der Waals surface area (Å²) in [5.41, 5.74) is 6.12. The average molecular weight is 309 g/mol. The van der Waals surface area contributed by atoms with E-state index in [1.165, 1.54) is 19.2 Å². The van der Waals surface area contributed by atoms with Gasteiger partial charge in [0.25, 0.3) is 0 Å². The third kappa shape index (κ3) is 3.55. The first-order valence-electron chi connectivity index (χ1n) is 6.01. The largest absolute Gasteiger partial charge is 0.463 e. The Balaban J connectivity index is 2.03. The zero-order chi connectivity index (χ0) is 15.4. The second kappa shape index (κ2) is 6.32. The van der Waals surface area contributed by atoms with Crippen molar-refractivity contribution in [3.63, 3.8) is 0 Å². The number of carbonyl (C=O) groups excluding carboxylic acids is 2. The van der Waals surface area contributed by atoms with Crippen LogP contribution in [0.1, 0.15) is 26.7 Å². The van der Waals surface area contributed by atoms with Crippen molar-refractivity contribution in [3.8, 4) is 0 Å². The number of rotatable bonds is 5. The number of furan rings is 1. The lowest BCUT2D eigenvalue weighted by Gasteiger charge is -2.06. The van der Waals surface area contributed by atoms with E-state index >= 15 is 0 Å². The van der Waals surface area contributed by atoms with Gasteiger partial charge in [-0.2, -0.15) is 0 Å². The number of esters is 1. The Morgan fingerprint density at radius 2 is 2.10 bits per heavy atom. The molecule has 2 aromatic rings. The Bertz CT molecular complexity index is 681. The quantitative estimate of drug-likeness (QED) is 0.827. The van der Waals surface area contributed by atoms with Gasteiger partial charge < -0.3 is 20.2 Å². The van der Waals surface area contributed by atoms with Crippen molar-refractivity contribution in [1.29, 1.82) is 0 Å². The van der Waals surface area contributed by atoms with E-state index in [9.17, 15) is 9.59 Å². The molecule has 110 valence electrons. The molecule has 0 aliphatic carbocycles. The van der Waals surface area contributed by atoms with Gasteiger partial charge in [0.1, 0.15) is 5.76 Å². The first-order chi connectivity index (χ1) is 10.0. The summed E-state index contributed by atoms with van der Waals surface area (Å²) in [5.74, 6) is -0.419. The molecule has 1 heterocycles. The maximum atomic E-state index is 11.2. The van der Waals surface area contributed by atoms with Crippen LogP contribution >= 0.6 is 11.6 Å². The van der Waals surface area contributed by atoms with Gasteiger partial charge in [0.05, 0.1) is 24.2 Å². The molecule has 0 fully saturated rings. The fraction of sp³-hybridized carbons (Fsp3) is 0.143. The molecule has 21 heavy (non-hydrogen) atoms. The summed E-state index contributed by atoms with van der Waals surface area (Å²) in [6.45, 7) is 0.350. The van der Waals surface area contributed by atoms with Gasteiger partial charge in [0.2, 0.25) is 11.7 Å². The van der Waals surface area contributed by atoms with Crippen molar-refractivity contribution in [3.05, 3.63) is 52.4 Å². The predicted octanol–water partition coefficient (Wildman–Crippen LogP) is 2.43. The van der Waals surface area contributed by atoms with Crippen LogP contribution in [-0.2, 0) is 11.3 Å². The zero-order valence-corrected chi connectivity index (χ0v) is 11.9. The molecule has 0 unspecified atom stereocenters. The summed E-state index contributed by atoms with van der Waals surface area (Å²) in [6, 6.07) is 8.00. The van der Waals surface area contributed by atoms with Crippen LogP contribution in [0.4, 0.5) is 5.69 Å². The van der Waals surface area contributed by atoms with Crippen molar-refractivity contribution in [2.75, 3.05) is 12.4 Å². The van der Waals surface area contributed by atoms with E-state index in [1.807, 2.05) is 0 Å². The molecule has 0 bridgehead atoms. The first-order valence-corrected chi connectivity index (χ1v) is 6.39. The second-order valence-electron chi connectivity index (χ2n) is 4.17. The van der Waals surface area contributed by atoms with Crippen LogP contribution < -0.4 is 11.1 Å². The number of benzene rings is 1. The minimum absolute atomic E-state index is 0.136. The molecule has 0 aliphatic rings. The van der Waals surface area contributed by atoms with Crippen molar-refractivity contribution in [1.82, 2.24) is 0 Å². The Morgan fingerprint density at radius 3 is 2.71 bits per heavy atom. The molecule has 0 saturated carbocycles. The smallest absolute Gasteiger partial charge is 0.373 e. The second-order valence-corrected chi connectivity index (χ2v) is 4.58. The Kier molecular flexibility index (Phi) is 4.49. The highest BCUT2D eigenvalue weighted by molar-refractivity contribution is 6.34. The van der Waals surface area contributed by atoms with Gasteiger partial charge in [-0.3, -0.25) is 4.79 Å². The van der Waals surface area contributed by atoms with Gasteiger partial charge in [-0.1, -0.05) is 11.6 Å². The van der Waals surface area contributed by atoms with E-state index < -0.39 is 11.9 Å². The number of nitrogens with two attached hydrogens (primary N) is 1. The van der Waals surface area contributed by atoms with Gasteiger partial charge in [-0.05, 0) is 30.3 Å². The van der Waals surface area contributed by atoms with E-state index in [0.29, 0.717) is 18.0 Å². The van der Waals surface area contributed by atoms with Gasteiger partial charge in [-0.15, -0.1) is 0 Å². The third-order valence-electron chi connectivity index (χ3n) is 2.75. The van der Waals surface area contributed by atoms with Crippen molar-refractivity contribution < 1.29 is 18.7 Å². The molecule has 7 heteroatoms. The molecule has 1 aromatic heterocycles. The van der Waals surface area contributed by atoms with Crippen LogP contribution in [-0.4, -0.2) is 19.0 Å². The van der Waals surface area contributed by atoms with Crippen LogP contribution in [0.5, 0.6) is 0 Å². The number of nitrogens with one attached hydrogen (secondary N) is 1. The van der Waals surface area contributed by atoms with Crippen LogP contribution in [0.3, 0.4) is 0 Å². The highest BCUT2D eigenvalue weighted by atomic mass is 35.5. The summed E-state index contributed by atoms with van der Waals surface area (Å²) < 4.78 is 9.86. The lowest BCUT2D eigenvalue weighted by Crippen LogP contribution is -2.11. The van der Waals surface area contributed by atoms with Crippen LogP contribution in [0.25, 0.3) is 0 Å². The first kappa shape index (κ1) is 14.9. The van der Waals surface area contributed by atoms with Crippen LogP contribution in [0.15, 0.2) is 34.7 Å². The van der Waals surface area contributed by atoms with E-state index in [-0.39, 0.29) is 16.3 Å². The molecule has 0 atom stereocenters. The fourth-order valence-corrected chi connectivity index (χ4v) is 1.97. The zero-order valence-electron chi connectivity index (χ0n) is 11.2. The minimum atomic E-state index is -0.583. The Labute approximate surface area is 125 Å². The molecule has 2 rings (SSSR count). The summed E-state index contributed by atoms with van der Waals surface area (Å²) >= 11 is 5.95. The molecular weight excluding hydrogens is 296 g/mol. The molecule has 1 amide bonds. The maximum Gasteiger partial charge on any atom is 0.373 e. The van der Waals surface area contributed by atoms with Crippen LogP contribution in [0.2, 0.25) is 5.02 Å². The lowest BCUT2D eigenvalue weighted by molar-refractivity contribution is 0.0563. The molecule has 3 N–H and O–H groups in total. The standard InChI is InChI=1S/C14H13ClN2O4/c1-20-14(19)12-5-3-9(21-12)7-17-8-2-4-10(13(16)18)11(15)6-8/h2-6,17H,7H2,1H3,(H2,16,18). The minimum Gasteiger partial charge on any atom is -0.463 e. The molecule has 0 radical (unpaired) electrons. The van der Waals surface area contributed by atoms with Crippen molar-refractivity contribution in [2.45, 2.75) is 6.54 Å². The van der Waals surface area contributed by atoms with Gasteiger partial charge in [0.15, 0.2) is 0 Å². The SMILES string of the molecule is COC(=O)c1ccc(CNc2ccc(C(N)=O)c(Cl)c2)o1. The molecule has 0 saturated heterocycles. The number of ether oxygens (including phenoxy) is 1. The van der Waals surface area contributed by atoms with E-state index in [1.54, 1.807) is 18.2 Å². The number of hydrogen-bond donors (Lipinski definition) is 2. The molecule has 0 spiro atoms. The molecular formula is C14H13ClN2O4. The van der Waals surface area contributed by atoms with E-state index in [0.717, 1.165) is 0 Å². The Morgan fingerprint density at radius 1 is 1.33 bits per heavy atom. The predicted molar refractivity (Wildman–Crippen MR) is 77.3 cm³/mol. The monoisotopic (exact) mass is 308 g/mol. The number of methoxy groups -OCH3 is 1. The number of amides is 1. The maximum absolute atomic E-state index is 11.2. The van der Waals surface area contributed by atoms with Crippen molar-refractivity contribution in [2.24, 2.45) is 5.73 Å². The van der Waals surface area contributed by atoms with Gasteiger partial charge in [0, 0.05) is 5.69 Å². The van der Waals surface area contributed by atoms with Gasteiger partial charge in [-0.25, -0.2) is 4.79 Å². The number of halogens is 1. The number of primary amides is 1. The fourth-order valence-electron chi connectivity index (χ4n) is 1.70. The highest BCUT2D eigenvalue weighted by Gasteiger charge is 2.11. The van der Waals surface area contributed by atoms with Gasteiger partial charge >= 0.3 is 5.97 Å². The topological polar surface area (TPSA) is 94.6 Å². The van der Waals surface area contributed by atoms with Crippen LogP contribution in [0, 0.1) is 0 Å².